The van der Waals surface area contributed by atoms with Gasteiger partial charge in [-0.25, -0.2) is 14.0 Å². The molecule has 59 heavy (non-hydrogen) atoms. The second-order valence-electron chi connectivity index (χ2n) is 15.3. The molecule has 0 spiro atoms. The van der Waals surface area contributed by atoms with Crippen LogP contribution in [0.25, 0.3) is 0 Å². The summed E-state index contributed by atoms with van der Waals surface area (Å²) in [5.74, 6) is -5.41. The number of aliphatic hydroxyl groups is 2. The summed E-state index contributed by atoms with van der Waals surface area (Å²) in [6.45, 7) is 1.52. The number of fused-ring (bicyclic) bond motifs is 5. The molecule has 8 atom stereocenters. The summed E-state index contributed by atoms with van der Waals surface area (Å²) in [6, 6.07) is 3.67. The van der Waals surface area contributed by atoms with Gasteiger partial charge in [-0.05, 0) is 88.1 Å². The Morgan fingerprint density at radius 3 is 2.25 bits per heavy atom. The van der Waals surface area contributed by atoms with Crippen molar-refractivity contribution in [2.45, 2.75) is 88.7 Å². The van der Waals surface area contributed by atoms with E-state index in [1.54, 1.807) is 6.92 Å². The molecule has 21 heteroatoms. The Bertz CT molecular complexity index is 1820. The van der Waals surface area contributed by atoms with Crippen LogP contribution in [0.3, 0.4) is 0 Å². The number of carbonyl (C=O) groups excluding carboxylic acids is 5. The summed E-state index contributed by atoms with van der Waals surface area (Å²) in [6.07, 6.45) is -1.21. The maximum atomic E-state index is 17.8. The molecular weight excluding hydrogens is 791 g/mol. The fraction of sp³-hybridized carbons (Fsp3) is 0.605. The zero-order valence-electron chi connectivity index (χ0n) is 32.6. The summed E-state index contributed by atoms with van der Waals surface area (Å²) in [5, 5.41) is 57.4. The number of ether oxygens (including phenoxy) is 5. The fourth-order valence-corrected chi connectivity index (χ4v) is 9.38. The van der Waals surface area contributed by atoms with Crippen LogP contribution in [-0.2, 0) is 38.3 Å². The molecule has 4 aliphatic carbocycles. The second kappa shape index (κ2) is 18.5. The van der Waals surface area contributed by atoms with Crippen molar-refractivity contribution < 1.29 is 92.8 Å². The van der Waals surface area contributed by atoms with Crippen LogP contribution in [0.2, 0.25) is 0 Å². The molecule has 0 heterocycles. The molecule has 1 aromatic carbocycles. The number of nitrogens with zero attached hydrogens (tertiary/aromatic N) is 2. The molecule has 0 amide bonds. The molecule has 0 saturated heterocycles. The third kappa shape index (κ3) is 8.90. The average Bonchev–Trinajstić information content (AvgIpc) is 3.39. The van der Waals surface area contributed by atoms with E-state index >= 15 is 4.39 Å². The number of rotatable bonds is 18. The van der Waals surface area contributed by atoms with Gasteiger partial charge in [-0.3, -0.25) is 44.9 Å². The van der Waals surface area contributed by atoms with Crippen LogP contribution >= 0.6 is 0 Å². The van der Waals surface area contributed by atoms with Crippen LogP contribution in [0.1, 0.15) is 75.6 Å². The number of allylic oxidation sites excluding steroid dienone is 4. The third-order valence-electron chi connectivity index (χ3n) is 12.1. The molecule has 5 rings (SSSR count). The number of carbonyl (C=O) groups is 5. The van der Waals surface area contributed by atoms with Crippen LogP contribution in [-0.4, -0.2) is 128 Å². The molecule has 1 aromatic rings. The summed E-state index contributed by atoms with van der Waals surface area (Å²) in [7, 11) is 1.22. The van der Waals surface area contributed by atoms with Gasteiger partial charge >= 0.3 is 18.1 Å². The average molecular weight is 841 g/mol. The van der Waals surface area contributed by atoms with E-state index in [1.165, 1.54) is 50.5 Å². The lowest BCUT2D eigenvalue weighted by Crippen LogP contribution is -2.70. The smallest absolute Gasteiger partial charge is 0.493 e. The summed E-state index contributed by atoms with van der Waals surface area (Å²) >= 11 is 0. The van der Waals surface area contributed by atoms with Gasteiger partial charge in [0.15, 0.2) is 29.6 Å². The maximum Gasteiger partial charge on any atom is 0.514 e. The van der Waals surface area contributed by atoms with Crippen LogP contribution in [0.4, 0.5) is 9.18 Å². The maximum absolute atomic E-state index is 17.8. The lowest BCUT2D eigenvalue weighted by molar-refractivity contribution is -0.492. The predicted molar refractivity (Wildman–Crippen MR) is 190 cm³/mol. The predicted octanol–water partition coefficient (Wildman–Crippen LogP) is 3.14. The SMILES string of the molecule is COc1cc(C(=O)OCCCCON(O)O)ccc1OC(=O)OCC(=O)[C@@]1(OC(=O)CCCON(O)O)[C@H](O)CC2C3CCC4=CC(=O)C=C[C@]4(C)[C@@]3(F)[C@@H](O)C[C@@]21C. The number of halogens is 1. The van der Waals surface area contributed by atoms with Crippen molar-refractivity contribution in [1.82, 2.24) is 10.8 Å². The standard InChI is InChI=1S/C38H49FN2O18/c1-35-13-12-24(42)18-23(35)9-10-25-26-19-29(43)38(36(26,2)20-30(44)37(25,35)39,59-32(46)7-6-16-57-41(51)52)31(45)21-55-34(48)58-27-11-8-22(17-28(27)53-3)33(47)54-14-4-5-15-56-40(49)50/h8,11-13,17-18,25-26,29-30,43-44,49-52H,4-7,9-10,14-16,19-21H2,1-3H3/t25?,26?,29-,30+,35+,36+,37+,38+/m1/s1. The van der Waals surface area contributed by atoms with Crippen molar-refractivity contribution in [3.8, 4) is 11.5 Å². The molecule has 6 N–H and O–H groups in total. The number of methoxy groups -OCH3 is 1. The quantitative estimate of drug-likeness (QED) is 0.0407. The Balaban J connectivity index is 1.33. The fourth-order valence-electron chi connectivity index (χ4n) is 9.38. The highest BCUT2D eigenvalue weighted by Crippen LogP contribution is 2.70. The van der Waals surface area contributed by atoms with E-state index in [9.17, 15) is 34.2 Å². The zero-order chi connectivity index (χ0) is 43.3. The number of esters is 2. The molecule has 4 aliphatic rings. The monoisotopic (exact) mass is 840 g/mol. The highest BCUT2D eigenvalue weighted by molar-refractivity contribution is 6.01. The molecule has 20 nitrogen and oxygen atoms in total. The van der Waals surface area contributed by atoms with Crippen LogP contribution < -0.4 is 9.47 Å². The van der Waals surface area contributed by atoms with E-state index in [0.717, 1.165) is 0 Å². The number of benzene rings is 1. The van der Waals surface area contributed by atoms with Gasteiger partial charge in [-0.15, -0.1) is 0 Å². The minimum Gasteiger partial charge on any atom is -0.493 e. The van der Waals surface area contributed by atoms with Crippen molar-refractivity contribution in [3.05, 3.63) is 47.6 Å². The van der Waals surface area contributed by atoms with Gasteiger partial charge in [0.2, 0.25) is 11.4 Å². The van der Waals surface area contributed by atoms with Gasteiger partial charge in [0.1, 0.15) is 6.10 Å². The molecule has 326 valence electrons. The molecule has 0 radical (unpaired) electrons. The van der Waals surface area contributed by atoms with Gasteiger partial charge in [0.05, 0.1) is 49.4 Å². The van der Waals surface area contributed by atoms with Gasteiger partial charge in [-0.2, -0.15) is 0 Å². The number of alkyl halides is 1. The minimum absolute atomic E-state index is 0.0171. The lowest BCUT2D eigenvalue weighted by atomic mass is 9.44. The van der Waals surface area contributed by atoms with Crippen LogP contribution in [0.15, 0.2) is 42.0 Å². The van der Waals surface area contributed by atoms with Crippen molar-refractivity contribution in [2.75, 3.05) is 33.5 Å². The highest BCUT2D eigenvalue weighted by Gasteiger charge is 2.78. The summed E-state index contributed by atoms with van der Waals surface area (Å²) in [5.41, 5.74) is -7.36. The van der Waals surface area contributed by atoms with Crippen molar-refractivity contribution in [2.24, 2.45) is 22.7 Å². The van der Waals surface area contributed by atoms with E-state index in [1.807, 2.05) is 0 Å². The number of ketones is 2. The van der Waals surface area contributed by atoms with Gasteiger partial charge in [0.25, 0.3) is 0 Å². The Kier molecular flexibility index (Phi) is 14.3. The van der Waals surface area contributed by atoms with E-state index < -0.39 is 100 Å². The summed E-state index contributed by atoms with van der Waals surface area (Å²) in [4.78, 5) is 74.5. The molecule has 0 bridgehead atoms. The molecule has 3 saturated carbocycles. The number of hydrogen-bond acceptors (Lipinski definition) is 20. The first-order valence-corrected chi connectivity index (χ1v) is 18.9. The van der Waals surface area contributed by atoms with Gasteiger partial charge in [0, 0.05) is 23.2 Å². The van der Waals surface area contributed by atoms with Crippen LogP contribution in [0.5, 0.6) is 11.5 Å². The first-order valence-electron chi connectivity index (χ1n) is 18.9. The highest BCUT2D eigenvalue weighted by atomic mass is 19.1. The Labute approximate surface area is 336 Å². The number of unbranched alkanes of at least 4 members (excludes halogenated alkanes) is 1. The Hall–Kier alpha value is -4.42. The van der Waals surface area contributed by atoms with Crippen molar-refractivity contribution in [1.29, 1.82) is 0 Å². The number of Topliss-reactive ketones (excluding diaryl/α,β-unsaturated/α-hetero) is 1. The molecular formula is C38H49FN2O18. The Morgan fingerprint density at radius 1 is 0.898 bits per heavy atom. The van der Waals surface area contributed by atoms with E-state index in [4.69, 9.17) is 44.5 Å². The number of hydrogen-bond donors (Lipinski definition) is 6. The minimum atomic E-state index is -2.49. The van der Waals surface area contributed by atoms with Gasteiger partial charge < -0.3 is 33.9 Å². The van der Waals surface area contributed by atoms with Crippen molar-refractivity contribution >= 4 is 29.7 Å². The largest absolute Gasteiger partial charge is 0.514 e. The van der Waals surface area contributed by atoms with Crippen molar-refractivity contribution in [3.63, 3.8) is 0 Å². The molecule has 3 fully saturated rings. The topological polar surface area (TPSA) is 278 Å². The zero-order valence-corrected chi connectivity index (χ0v) is 32.6. The summed E-state index contributed by atoms with van der Waals surface area (Å²) < 4.78 is 44.5. The number of aliphatic hydroxyl groups excluding tert-OH is 2. The molecule has 0 aliphatic heterocycles. The molecule has 0 aromatic heterocycles. The lowest BCUT2D eigenvalue weighted by Gasteiger charge is -2.62. The Morgan fingerprint density at radius 2 is 1.58 bits per heavy atom. The van der Waals surface area contributed by atoms with E-state index in [2.05, 4.69) is 9.68 Å². The first kappa shape index (κ1) is 45.7. The normalized spacial score (nSPS) is 30.8. The van der Waals surface area contributed by atoms with E-state index in [-0.39, 0.29) is 68.3 Å². The first-order chi connectivity index (χ1) is 27.8. The van der Waals surface area contributed by atoms with Gasteiger partial charge in [-0.1, -0.05) is 18.6 Å². The van der Waals surface area contributed by atoms with E-state index in [0.29, 0.717) is 18.4 Å². The van der Waals surface area contributed by atoms with Crippen LogP contribution in [0, 0.1) is 22.7 Å². The third-order valence-corrected chi connectivity index (χ3v) is 12.1. The molecule has 2 unspecified atom stereocenters. The second-order valence-corrected chi connectivity index (χ2v) is 15.3.